The van der Waals surface area contributed by atoms with Crippen molar-refractivity contribution in [1.29, 1.82) is 0 Å². The van der Waals surface area contributed by atoms with E-state index in [4.69, 9.17) is 9.47 Å². The predicted octanol–water partition coefficient (Wildman–Crippen LogP) is 2.26. The highest BCUT2D eigenvalue weighted by molar-refractivity contribution is 6.05. The van der Waals surface area contributed by atoms with E-state index in [0.717, 1.165) is 5.56 Å². The lowest BCUT2D eigenvalue weighted by atomic mass is 9.99. The topological polar surface area (TPSA) is 111 Å². The van der Waals surface area contributed by atoms with Crippen molar-refractivity contribution in [2.75, 3.05) is 17.2 Å². The zero-order valence-corrected chi connectivity index (χ0v) is 15.6. The van der Waals surface area contributed by atoms with Crippen LogP contribution in [-0.2, 0) is 19.1 Å². The second kappa shape index (κ2) is 7.38. The average molecular weight is 394 g/mol. The maximum Gasteiger partial charge on any atom is 0.310 e. The quantitative estimate of drug-likeness (QED) is 0.594. The van der Waals surface area contributed by atoms with Gasteiger partial charge in [-0.3, -0.25) is 19.2 Å². The second-order valence-electron chi connectivity index (χ2n) is 6.89. The van der Waals surface area contributed by atoms with Crippen LogP contribution in [0.2, 0.25) is 0 Å². The molecule has 0 saturated heterocycles. The number of esters is 1. The molecule has 0 radical (unpaired) electrons. The largest absolute Gasteiger partial charge is 0.478 e. The molecule has 0 aliphatic carbocycles. The van der Waals surface area contributed by atoms with Gasteiger partial charge in [-0.25, -0.2) is 0 Å². The maximum absolute atomic E-state index is 12.4. The first-order chi connectivity index (χ1) is 13.9. The predicted molar refractivity (Wildman–Crippen MR) is 103 cm³/mol. The number of rotatable bonds is 5. The second-order valence-corrected chi connectivity index (χ2v) is 6.89. The number of Topliss-reactive ketones (excluding diaryl/α,β-unsaturated/α-hetero) is 1. The molecule has 148 valence electrons. The minimum absolute atomic E-state index is 0.122. The van der Waals surface area contributed by atoms with Crippen LogP contribution in [0.4, 0.5) is 11.4 Å². The van der Waals surface area contributed by atoms with Crippen LogP contribution in [0, 0.1) is 0 Å². The first-order valence-electron chi connectivity index (χ1n) is 9.12. The van der Waals surface area contributed by atoms with Gasteiger partial charge in [-0.2, -0.15) is 0 Å². The number of hydrogen-bond acceptors (Lipinski definition) is 6. The monoisotopic (exact) mass is 394 g/mol. The molecule has 0 fully saturated rings. The van der Waals surface area contributed by atoms with Crippen LogP contribution in [0.1, 0.15) is 35.2 Å². The molecule has 8 nitrogen and oxygen atoms in total. The summed E-state index contributed by atoms with van der Waals surface area (Å²) in [6, 6.07) is 11.7. The third-order valence-corrected chi connectivity index (χ3v) is 4.91. The number of hydrogen-bond donors (Lipinski definition) is 2. The molecule has 0 bridgehead atoms. The highest BCUT2D eigenvalue weighted by Crippen LogP contribution is 2.33. The van der Waals surface area contributed by atoms with Gasteiger partial charge in [0.15, 0.2) is 18.5 Å². The van der Waals surface area contributed by atoms with Gasteiger partial charge >= 0.3 is 5.97 Å². The molecular formula is C21H18N2O6. The number of amides is 2. The lowest BCUT2D eigenvalue weighted by Gasteiger charge is -2.25. The van der Waals surface area contributed by atoms with E-state index < -0.39 is 30.4 Å². The van der Waals surface area contributed by atoms with Crippen LogP contribution in [0.25, 0.3) is 0 Å². The van der Waals surface area contributed by atoms with Crippen molar-refractivity contribution < 1.29 is 28.7 Å². The number of ketones is 1. The first-order valence-corrected chi connectivity index (χ1v) is 9.12. The van der Waals surface area contributed by atoms with Crippen molar-refractivity contribution in [3.05, 3.63) is 53.6 Å². The summed E-state index contributed by atoms with van der Waals surface area (Å²) in [6.45, 7) is 1.29. The molecule has 2 atom stereocenters. The molecule has 2 aromatic carbocycles. The molecular weight excluding hydrogens is 376 g/mol. The number of carbonyl (C=O) groups is 4. The lowest BCUT2D eigenvalue weighted by Crippen LogP contribution is -2.39. The van der Waals surface area contributed by atoms with Gasteiger partial charge in [-0.05, 0) is 42.8 Å². The minimum atomic E-state index is -1.02. The van der Waals surface area contributed by atoms with Gasteiger partial charge in [-0.1, -0.05) is 12.1 Å². The minimum Gasteiger partial charge on any atom is -0.478 e. The molecule has 2 aliphatic heterocycles. The summed E-state index contributed by atoms with van der Waals surface area (Å²) in [4.78, 5) is 48.2. The molecule has 2 aliphatic rings. The van der Waals surface area contributed by atoms with Crippen LogP contribution in [0.15, 0.2) is 42.5 Å². The van der Waals surface area contributed by atoms with E-state index in [2.05, 4.69) is 10.6 Å². The molecule has 0 aromatic heterocycles. The van der Waals surface area contributed by atoms with Crippen LogP contribution < -0.4 is 15.4 Å². The highest BCUT2D eigenvalue weighted by atomic mass is 16.5. The SMILES string of the molecule is C[C@@H]1C(=O)Nc2ccc(C(=O)COC(=O)C[C@H]3Oc4ccccc4NC3=O)cc21. The van der Waals surface area contributed by atoms with Crippen molar-refractivity contribution in [3.8, 4) is 5.75 Å². The van der Waals surface area contributed by atoms with E-state index in [1.165, 1.54) is 0 Å². The van der Waals surface area contributed by atoms with Crippen molar-refractivity contribution >= 4 is 34.9 Å². The summed E-state index contributed by atoms with van der Waals surface area (Å²) in [6.07, 6.45) is -1.34. The lowest BCUT2D eigenvalue weighted by molar-refractivity contribution is -0.146. The summed E-state index contributed by atoms with van der Waals surface area (Å²) in [5.74, 6) is -1.56. The normalized spacial score (nSPS) is 19.3. The average Bonchev–Trinajstić information content (AvgIpc) is 3.00. The summed E-state index contributed by atoms with van der Waals surface area (Å²) in [7, 11) is 0. The smallest absolute Gasteiger partial charge is 0.310 e. The van der Waals surface area contributed by atoms with Gasteiger partial charge in [0.05, 0.1) is 18.0 Å². The van der Waals surface area contributed by atoms with Crippen molar-refractivity contribution in [1.82, 2.24) is 0 Å². The fourth-order valence-corrected chi connectivity index (χ4v) is 3.26. The summed E-state index contributed by atoms with van der Waals surface area (Å²) < 4.78 is 10.6. The van der Waals surface area contributed by atoms with Crippen molar-refractivity contribution in [3.63, 3.8) is 0 Å². The Hall–Kier alpha value is -3.68. The summed E-state index contributed by atoms with van der Waals surface area (Å²) in [5.41, 5.74) is 2.30. The van der Waals surface area contributed by atoms with Gasteiger partial charge in [0.25, 0.3) is 5.91 Å². The Morgan fingerprint density at radius 2 is 1.79 bits per heavy atom. The zero-order chi connectivity index (χ0) is 20.5. The van der Waals surface area contributed by atoms with Crippen LogP contribution in [0.3, 0.4) is 0 Å². The molecule has 29 heavy (non-hydrogen) atoms. The fourth-order valence-electron chi connectivity index (χ4n) is 3.26. The van der Waals surface area contributed by atoms with E-state index in [1.807, 2.05) is 0 Å². The highest BCUT2D eigenvalue weighted by Gasteiger charge is 2.31. The molecule has 2 heterocycles. The van der Waals surface area contributed by atoms with Gasteiger partial charge in [0.1, 0.15) is 5.75 Å². The molecule has 0 unspecified atom stereocenters. The van der Waals surface area contributed by atoms with Crippen LogP contribution >= 0.6 is 0 Å². The number of anilines is 2. The Labute approximate surface area is 166 Å². The molecule has 4 rings (SSSR count). The molecule has 8 heteroatoms. The Kier molecular flexibility index (Phi) is 4.75. The number of para-hydroxylation sites is 2. The third-order valence-electron chi connectivity index (χ3n) is 4.91. The van der Waals surface area contributed by atoms with E-state index in [1.54, 1.807) is 49.4 Å². The standard InChI is InChI=1S/C21H18N2O6/c1-11-13-8-12(6-7-14(13)22-20(11)26)16(24)10-28-19(25)9-18-21(27)23-15-4-2-3-5-17(15)29-18/h2-8,11,18H,9-10H2,1H3,(H,22,26)(H,23,27)/t11-,18+/m0/s1. The Morgan fingerprint density at radius 3 is 2.62 bits per heavy atom. The van der Waals surface area contributed by atoms with Crippen molar-refractivity contribution in [2.24, 2.45) is 0 Å². The molecule has 0 spiro atoms. The van der Waals surface area contributed by atoms with E-state index >= 15 is 0 Å². The molecule has 2 N–H and O–H groups in total. The number of benzene rings is 2. The first kappa shape index (κ1) is 18.7. The Morgan fingerprint density at radius 1 is 1.03 bits per heavy atom. The number of ether oxygens (including phenoxy) is 2. The number of fused-ring (bicyclic) bond motifs is 2. The maximum atomic E-state index is 12.4. The van der Waals surface area contributed by atoms with E-state index in [0.29, 0.717) is 22.7 Å². The Bertz CT molecular complexity index is 1030. The van der Waals surface area contributed by atoms with Gasteiger partial charge in [0, 0.05) is 11.3 Å². The molecule has 2 amide bonds. The van der Waals surface area contributed by atoms with Crippen LogP contribution in [0.5, 0.6) is 5.75 Å². The number of carbonyl (C=O) groups excluding carboxylic acids is 4. The van der Waals surface area contributed by atoms with Gasteiger partial charge < -0.3 is 20.1 Å². The van der Waals surface area contributed by atoms with Gasteiger partial charge in [0.2, 0.25) is 5.91 Å². The van der Waals surface area contributed by atoms with Gasteiger partial charge in [-0.15, -0.1) is 0 Å². The fraction of sp³-hybridized carbons (Fsp3) is 0.238. The summed E-state index contributed by atoms with van der Waals surface area (Å²) >= 11 is 0. The number of nitrogens with one attached hydrogen (secondary N) is 2. The van der Waals surface area contributed by atoms with Crippen molar-refractivity contribution in [2.45, 2.75) is 25.4 Å². The molecule has 2 aromatic rings. The van der Waals surface area contributed by atoms with Crippen LogP contribution in [-0.4, -0.2) is 36.3 Å². The van der Waals surface area contributed by atoms with E-state index in [-0.39, 0.29) is 18.2 Å². The van der Waals surface area contributed by atoms with E-state index in [9.17, 15) is 19.2 Å². The zero-order valence-electron chi connectivity index (χ0n) is 15.6. The Balaban J connectivity index is 1.34. The summed E-state index contributed by atoms with van der Waals surface area (Å²) in [5, 5.41) is 5.40. The molecule has 0 saturated carbocycles. The third kappa shape index (κ3) is 3.69.